The predicted molar refractivity (Wildman–Crippen MR) is 92.5 cm³/mol. The first-order chi connectivity index (χ1) is 12.2. The molecule has 2 N–H and O–H groups in total. The van der Waals surface area contributed by atoms with Gasteiger partial charge in [-0.05, 0) is 30.3 Å². The Morgan fingerprint density at radius 2 is 1.88 bits per heavy atom. The number of halogens is 1. The third-order valence-electron chi connectivity index (χ3n) is 4.17. The van der Waals surface area contributed by atoms with Gasteiger partial charge >= 0.3 is 0 Å². The Morgan fingerprint density at radius 1 is 1.12 bits per heavy atom. The summed E-state index contributed by atoms with van der Waals surface area (Å²) in [5.74, 6) is 1.15. The van der Waals surface area contributed by atoms with Crippen molar-refractivity contribution in [3.05, 3.63) is 59.4 Å². The molecule has 0 saturated heterocycles. The lowest BCUT2D eigenvalue weighted by Crippen LogP contribution is -2.84. The average molecular weight is 345 g/mol. The van der Waals surface area contributed by atoms with Gasteiger partial charge in [0.1, 0.15) is 18.9 Å². The highest BCUT2D eigenvalue weighted by atomic mass is 19.1. The normalized spacial score (nSPS) is 16.3. The quantitative estimate of drug-likeness (QED) is 0.836. The van der Waals surface area contributed by atoms with Crippen LogP contribution in [-0.2, 0) is 11.4 Å². The van der Waals surface area contributed by atoms with Crippen LogP contribution in [0.2, 0.25) is 0 Å². The van der Waals surface area contributed by atoms with Crippen molar-refractivity contribution in [1.82, 2.24) is 0 Å². The third-order valence-corrected chi connectivity index (χ3v) is 4.17. The zero-order valence-corrected chi connectivity index (χ0v) is 14.4. The van der Waals surface area contributed by atoms with Crippen molar-refractivity contribution in [2.75, 3.05) is 20.8 Å². The van der Waals surface area contributed by atoms with Gasteiger partial charge in [-0.15, -0.1) is 0 Å². The summed E-state index contributed by atoms with van der Waals surface area (Å²) in [5.41, 5.74) is 2.96. The van der Waals surface area contributed by atoms with Crippen LogP contribution in [0.3, 0.4) is 0 Å². The van der Waals surface area contributed by atoms with E-state index in [-0.39, 0.29) is 11.9 Å². The third kappa shape index (κ3) is 4.28. The van der Waals surface area contributed by atoms with Crippen LogP contribution in [-0.4, -0.2) is 32.6 Å². The molecule has 1 atom stereocenters. The standard InChI is InChI=1S/C19H21FN2O3/c1-23-18-8-5-14(9-19(18)24-2)17-10-16(25-22-17)12-21-11-13-3-6-15(20)7-4-13/h3-9,16,21H,10-12H2,1-2H3/p+1/t16-/m1/s1. The first-order valence-corrected chi connectivity index (χ1v) is 8.21. The zero-order valence-electron chi connectivity index (χ0n) is 14.4. The molecule has 2 aromatic carbocycles. The van der Waals surface area contributed by atoms with E-state index in [9.17, 15) is 4.39 Å². The molecule has 3 rings (SSSR count). The minimum atomic E-state index is -0.212. The molecule has 0 fully saturated rings. The summed E-state index contributed by atoms with van der Waals surface area (Å²) in [5, 5.41) is 6.35. The number of ether oxygens (including phenoxy) is 2. The van der Waals surface area contributed by atoms with Crippen molar-refractivity contribution in [2.45, 2.75) is 19.1 Å². The van der Waals surface area contributed by atoms with Crippen LogP contribution in [0.5, 0.6) is 11.5 Å². The summed E-state index contributed by atoms with van der Waals surface area (Å²) in [6.07, 6.45) is 0.776. The highest BCUT2D eigenvalue weighted by Gasteiger charge is 2.24. The van der Waals surface area contributed by atoms with Gasteiger partial charge in [-0.25, -0.2) is 4.39 Å². The summed E-state index contributed by atoms with van der Waals surface area (Å²) in [6, 6.07) is 12.3. The Labute approximate surface area is 146 Å². The Morgan fingerprint density at radius 3 is 2.60 bits per heavy atom. The van der Waals surface area contributed by atoms with Crippen LogP contribution in [0, 0.1) is 5.82 Å². The first kappa shape index (κ1) is 17.2. The molecule has 0 unspecified atom stereocenters. The van der Waals surface area contributed by atoms with Crippen LogP contribution >= 0.6 is 0 Å². The molecule has 1 aliphatic rings. The van der Waals surface area contributed by atoms with Crippen molar-refractivity contribution in [3.8, 4) is 11.5 Å². The summed E-state index contributed by atoms with van der Waals surface area (Å²) >= 11 is 0. The van der Waals surface area contributed by atoms with Crippen molar-refractivity contribution in [2.24, 2.45) is 5.16 Å². The van der Waals surface area contributed by atoms with Gasteiger partial charge in [-0.2, -0.15) is 0 Å². The van der Waals surface area contributed by atoms with E-state index < -0.39 is 0 Å². The van der Waals surface area contributed by atoms with Gasteiger partial charge in [-0.1, -0.05) is 17.3 Å². The van der Waals surface area contributed by atoms with Crippen LogP contribution < -0.4 is 14.8 Å². The Balaban J connectivity index is 1.52. The van der Waals surface area contributed by atoms with Crippen molar-refractivity contribution >= 4 is 5.71 Å². The lowest BCUT2D eigenvalue weighted by molar-refractivity contribution is -0.676. The summed E-state index contributed by atoms with van der Waals surface area (Å²) < 4.78 is 23.5. The van der Waals surface area contributed by atoms with Crippen LogP contribution in [0.4, 0.5) is 4.39 Å². The SMILES string of the molecule is COc1ccc(C2=NO[C@@H](C[NH2+]Cc3ccc(F)cc3)C2)cc1OC. The molecule has 0 spiro atoms. The first-order valence-electron chi connectivity index (χ1n) is 8.21. The Kier molecular flexibility index (Phi) is 5.50. The van der Waals surface area contributed by atoms with E-state index in [2.05, 4.69) is 10.5 Å². The summed E-state index contributed by atoms with van der Waals surface area (Å²) in [4.78, 5) is 5.53. The lowest BCUT2D eigenvalue weighted by Gasteiger charge is -2.09. The maximum absolute atomic E-state index is 12.9. The fraction of sp³-hybridized carbons (Fsp3) is 0.316. The maximum Gasteiger partial charge on any atom is 0.181 e. The summed E-state index contributed by atoms with van der Waals surface area (Å²) in [7, 11) is 3.22. The second kappa shape index (κ2) is 7.98. The molecule has 6 heteroatoms. The second-order valence-electron chi connectivity index (χ2n) is 5.89. The van der Waals surface area contributed by atoms with Gasteiger partial charge in [0.2, 0.25) is 0 Å². The molecule has 25 heavy (non-hydrogen) atoms. The van der Waals surface area contributed by atoms with Crippen molar-refractivity contribution < 1.29 is 24.0 Å². The molecule has 132 valence electrons. The number of hydrogen-bond acceptors (Lipinski definition) is 4. The van der Waals surface area contributed by atoms with Gasteiger partial charge < -0.3 is 19.6 Å². The molecule has 1 aliphatic heterocycles. The molecule has 0 aromatic heterocycles. The van der Waals surface area contributed by atoms with E-state index in [0.717, 1.165) is 36.3 Å². The number of methoxy groups -OCH3 is 2. The second-order valence-corrected chi connectivity index (χ2v) is 5.89. The van der Waals surface area contributed by atoms with Gasteiger partial charge in [0, 0.05) is 17.5 Å². The van der Waals surface area contributed by atoms with E-state index >= 15 is 0 Å². The molecule has 0 aliphatic carbocycles. The van der Waals surface area contributed by atoms with Gasteiger partial charge in [0.15, 0.2) is 17.6 Å². The van der Waals surface area contributed by atoms with Crippen LogP contribution in [0.1, 0.15) is 17.5 Å². The fourth-order valence-electron chi connectivity index (χ4n) is 2.80. The average Bonchev–Trinajstić information content (AvgIpc) is 3.11. The van der Waals surface area contributed by atoms with E-state index in [1.807, 2.05) is 18.2 Å². The highest BCUT2D eigenvalue weighted by Crippen LogP contribution is 2.29. The smallest absolute Gasteiger partial charge is 0.181 e. The largest absolute Gasteiger partial charge is 0.493 e. The zero-order chi connectivity index (χ0) is 17.6. The fourth-order valence-corrected chi connectivity index (χ4v) is 2.80. The monoisotopic (exact) mass is 345 g/mol. The van der Waals surface area contributed by atoms with E-state index in [1.165, 1.54) is 12.1 Å². The topological polar surface area (TPSA) is 56.7 Å². The molecule has 2 aromatic rings. The van der Waals surface area contributed by atoms with Gasteiger partial charge in [-0.3, -0.25) is 0 Å². The number of nitrogens with zero attached hydrogens (tertiary/aromatic N) is 1. The van der Waals surface area contributed by atoms with Gasteiger partial charge in [0.05, 0.1) is 19.9 Å². The molecule has 0 radical (unpaired) electrons. The summed E-state index contributed by atoms with van der Waals surface area (Å²) in [6.45, 7) is 1.57. The minimum Gasteiger partial charge on any atom is -0.493 e. The predicted octanol–water partition coefficient (Wildman–Crippen LogP) is 2.10. The number of quaternary nitrogens is 1. The molecule has 0 bridgehead atoms. The number of benzene rings is 2. The number of nitrogens with two attached hydrogens (primary N) is 1. The molecule has 1 heterocycles. The van der Waals surface area contributed by atoms with E-state index in [0.29, 0.717) is 11.5 Å². The van der Waals surface area contributed by atoms with Gasteiger partial charge in [0.25, 0.3) is 0 Å². The lowest BCUT2D eigenvalue weighted by atomic mass is 10.0. The Bertz CT molecular complexity index is 747. The number of rotatable bonds is 7. The number of hydrogen-bond donors (Lipinski definition) is 1. The Hall–Kier alpha value is -2.60. The van der Waals surface area contributed by atoms with Crippen molar-refractivity contribution in [1.29, 1.82) is 0 Å². The maximum atomic E-state index is 12.9. The van der Waals surface area contributed by atoms with Crippen LogP contribution in [0.25, 0.3) is 0 Å². The van der Waals surface area contributed by atoms with Crippen molar-refractivity contribution in [3.63, 3.8) is 0 Å². The van der Waals surface area contributed by atoms with E-state index in [4.69, 9.17) is 14.3 Å². The molecule has 0 saturated carbocycles. The molecular weight excluding hydrogens is 323 g/mol. The molecular formula is C19H22FN2O3+. The molecule has 0 amide bonds. The van der Waals surface area contributed by atoms with E-state index in [1.54, 1.807) is 26.4 Å². The molecule has 5 nitrogen and oxygen atoms in total. The highest BCUT2D eigenvalue weighted by molar-refractivity contribution is 6.01. The minimum absolute atomic E-state index is 0.0311. The number of oxime groups is 1. The van der Waals surface area contributed by atoms with Crippen LogP contribution in [0.15, 0.2) is 47.6 Å².